The molecular formula is C16H18ClN3O. The molecule has 0 bridgehead atoms. The Kier molecular flexibility index (Phi) is 4.19. The third kappa shape index (κ3) is 3.52. The maximum Gasteiger partial charge on any atom is 0.144 e. The van der Waals surface area contributed by atoms with Gasteiger partial charge < -0.3 is 5.11 Å². The number of nitrogens with zero attached hydrogens (tertiary/aromatic N) is 1. The average Bonchev–Trinajstić information content (AvgIpc) is 2.40. The summed E-state index contributed by atoms with van der Waals surface area (Å²) in [6.07, 6.45) is 4.82. The van der Waals surface area contributed by atoms with Gasteiger partial charge in [0, 0.05) is 10.6 Å². The van der Waals surface area contributed by atoms with Crippen molar-refractivity contribution in [3.05, 3.63) is 47.0 Å². The number of halogens is 1. The van der Waals surface area contributed by atoms with E-state index in [1.54, 1.807) is 24.3 Å². The van der Waals surface area contributed by atoms with E-state index in [1.165, 1.54) is 0 Å². The molecule has 0 spiro atoms. The van der Waals surface area contributed by atoms with Crippen molar-refractivity contribution >= 4 is 28.7 Å². The molecule has 0 radical (unpaired) electrons. The summed E-state index contributed by atoms with van der Waals surface area (Å²) in [7, 11) is 0. The first-order chi connectivity index (χ1) is 9.79. The van der Waals surface area contributed by atoms with E-state index in [-0.39, 0.29) is 16.9 Å². The molecule has 0 saturated carbocycles. The lowest BCUT2D eigenvalue weighted by Crippen LogP contribution is -2.14. The Hall–Kier alpha value is -2.07. The second-order valence-electron chi connectivity index (χ2n) is 5.84. The summed E-state index contributed by atoms with van der Waals surface area (Å²) in [6, 6.07) is 5.48. The van der Waals surface area contributed by atoms with Crippen molar-refractivity contribution in [3.8, 4) is 5.75 Å². The lowest BCUT2D eigenvalue weighted by Gasteiger charge is -2.21. The molecule has 1 aliphatic rings. The van der Waals surface area contributed by atoms with Gasteiger partial charge in [0.05, 0.1) is 11.4 Å². The molecule has 0 aromatic heterocycles. The van der Waals surface area contributed by atoms with E-state index < -0.39 is 0 Å². The molecule has 1 aliphatic carbocycles. The number of benzene rings is 1. The lowest BCUT2D eigenvalue weighted by molar-refractivity contribution is 0.448. The van der Waals surface area contributed by atoms with Crippen LogP contribution in [0, 0.1) is 5.41 Å². The minimum Gasteiger partial charge on any atom is -0.505 e. The van der Waals surface area contributed by atoms with Gasteiger partial charge in [-0.3, -0.25) is 10.8 Å². The van der Waals surface area contributed by atoms with Crippen LogP contribution >= 0.6 is 11.6 Å². The Morgan fingerprint density at radius 2 is 1.95 bits per heavy atom. The van der Waals surface area contributed by atoms with Gasteiger partial charge in [0.25, 0.3) is 0 Å². The van der Waals surface area contributed by atoms with E-state index in [2.05, 4.69) is 10.5 Å². The molecule has 0 fully saturated rings. The summed E-state index contributed by atoms with van der Waals surface area (Å²) in [5.41, 5.74) is 4.65. The zero-order chi connectivity index (χ0) is 15.6. The quantitative estimate of drug-likeness (QED) is 0.436. The van der Waals surface area contributed by atoms with Gasteiger partial charge in [-0.1, -0.05) is 44.5 Å². The van der Waals surface area contributed by atoms with Crippen LogP contribution in [-0.4, -0.2) is 16.5 Å². The van der Waals surface area contributed by atoms with Crippen molar-refractivity contribution in [1.82, 2.24) is 0 Å². The standard InChI is InChI=1S/C16H18ClN3O/c1-16(2,3)11-5-4-6-13(15(11)21)19-20-14-9-10(17)7-8-12(14)18/h4-9,18-19,21H,1-3H3/b18-12?,20-14-. The highest BCUT2D eigenvalue weighted by Gasteiger charge is 2.19. The van der Waals surface area contributed by atoms with Gasteiger partial charge in [0.15, 0.2) is 0 Å². The number of hydrogen-bond donors (Lipinski definition) is 3. The normalized spacial score (nSPS) is 17.0. The van der Waals surface area contributed by atoms with Crippen LogP contribution in [-0.2, 0) is 5.41 Å². The molecule has 2 rings (SSSR count). The molecule has 21 heavy (non-hydrogen) atoms. The van der Waals surface area contributed by atoms with Gasteiger partial charge in [-0.25, -0.2) is 0 Å². The fraction of sp³-hybridized carbons (Fsp3) is 0.250. The number of nitrogens with one attached hydrogen (secondary N) is 2. The Morgan fingerprint density at radius 3 is 2.62 bits per heavy atom. The summed E-state index contributed by atoms with van der Waals surface area (Å²) in [4.78, 5) is 0. The molecule has 1 aromatic carbocycles. The summed E-state index contributed by atoms with van der Waals surface area (Å²) in [5, 5.41) is 22.8. The first-order valence-corrected chi connectivity index (χ1v) is 6.97. The SMILES string of the molecule is CC(C)(C)c1cccc(N/N=C2/C=C(Cl)C=CC2=N)c1O. The Labute approximate surface area is 129 Å². The molecule has 0 aliphatic heterocycles. The van der Waals surface area contributed by atoms with E-state index >= 15 is 0 Å². The van der Waals surface area contributed by atoms with Crippen molar-refractivity contribution in [2.75, 3.05) is 5.43 Å². The first-order valence-electron chi connectivity index (χ1n) is 6.59. The van der Waals surface area contributed by atoms with E-state index in [1.807, 2.05) is 32.9 Å². The van der Waals surface area contributed by atoms with E-state index in [0.29, 0.717) is 16.4 Å². The second kappa shape index (κ2) is 5.74. The van der Waals surface area contributed by atoms with Crippen LogP contribution in [0.1, 0.15) is 26.3 Å². The Morgan fingerprint density at radius 1 is 1.24 bits per heavy atom. The first kappa shape index (κ1) is 15.3. The number of anilines is 1. The molecular weight excluding hydrogens is 286 g/mol. The van der Waals surface area contributed by atoms with Gasteiger partial charge in [0.1, 0.15) is 11.5 Å². The van der Waals surface area contributed by atoms with Crippen molar-refractivity contribution in [1.29, 1.82) is 5.41 Å². The van der Waals surface area contributed by atoms with Gasteiger partial charge >= 0.3 is 0 Å². The van der Waals surface area contributed by atoms with Crippen molar-refractivity contribution in [3.63, 3.8) is 0 Å². The van der Waals surface area contributed by atoms with Gasteiger partial charge in [-0.2, -0.15) is 5.10 Å². The molecule has 0 saturated heterocycles. The topological polar surface area (TPSA) is 68.5 Å². The van der Waals surface area contributed by atoms with E-state index in [4.69, 9.17) is 17.0 Å². The highest BCUT2D eigenvalue weighted by molar-refractivity contribution is 6.52. The summed E-state index contributed by atoms with van der Waals surface area (Å²) < 4.78 is 0. The molecule has 4 nitrogen and oxygen atoms in total. The van der Waals surface area contributed by atoms with Gasteiger partial charge in [0.2, 0.25) is 0 Å². The van der Waals surface area contributed by atoms with Crippen LogP contribution in [0.4, 0.5) is 5.69 Å². The number of phenolic OH excluding ortho intramolecular Hbond substituents is 1. The second-order valence-corrected chi connectivity index (χ2v) is 6.27. The van der Waals surface area contributed by atoms with E-state index in [9.17, 15) is 5.11 Å². The molecule has 3 N–H and O–H groups in total. The van der Waals surface area contributed by atoms with Crippen LogP contribution in [0.25, 0.3) is 0 Å². The fourth-order valence-corrected chi connectivity index (χ4v) is 2.12. The molecule has 0 amide bonds. The van der Waals surface area contributed by atoms with E-state index in [0.717, 1.165) is 5.56 Å². The average molecular weight is 304 g/mol. The van der Waals surface area contributed by atoms with Crippen LogP contribution in [0.15, 0.2) is 46.6 Å². The zero-order valence-electron chi connectivity index (χ0n) is 12.2. The van der Waals surface area contributed by atoms with Gasteiger partial charge in [-0.15, -0.1) is 0 Å². The summed E-state index contributed by atoms with van der Waals surface area (Å²) in [6.45, 7) is 6.09. The smallest absolute Gasteiger partial charge is 0.144 e. The largest absolute Gasteiger partial charge is 0.505 e. The minimum absolute atomic E-state index is 0.168. The highest BCUT2D eigenvalue weighted by Crippen LogP contribution is 2.35. The third-order valence-corrected chi connectivity index (χ3v) is 3.34. The van der Waals surface area contributed by atoms with Crippen molar-refractivity contribution < 1.29 is 5.11 Å². The predicted octanol–water partition coefficient (Wildman–Crippen LogP) is 4.17. The number of aromatic hydroxyl groups is 1. The lowest BCUT2D eigenvalue weighted by atomic mass is 9.86. The monoisotopic (exact) mass is 303 g/mol. The molecule has 0 atom stereocenters. The fourth-order valence-electron chi connectivity index (χ4n) is 1.96. The number of phenols is 1. The molecule has 110 valence electrons. The number of hydrogen-bond acceptors (Lipinski definition) is 4. The molecule has 1 aromatic rings. The summed E-state index contributed by atoms with van der Waals surface area (Å²) >= 11 is 5.89. The third-order valence-electron chi connectivity index (χ3n) is 3.10. The van der Waals surface area contributed by atoms with Crippen LogP contribution in [0.3, 0.4) is 0 Å². The van der Waals surface area contributed by atoms with Crippen LogP contribution in [0.5, 0.6) is 5.75 Å². The molecule has 0 unspecified atom stereocenters. The van der Waals surface area contributed by atoms with Crippen LogP contribution < -0.4 is 5.43 Å². The predicted molar refractivity (Wildman–Crippen MR) is 88.7 cm³/mol. The molecule has 5 heteroatoms. The zero-order valence-corrected chi connectivity index (χ0v) is 13.0. The highest BCUT2D eigenvalue weighted by atomic mass is 35.5. The number of para-hydroxylation sites is 1. The number of rotatable bonds is 2. The minimum atomic E-state index is -0.168. The maximum absolute atomic E-state index is 10.3. The van der Waals surface area contributed by atoms with Crippen molar-refractivity contribution in [2.24, 2.45) is 5.10 Å². The maximum atomic E-state index is 10.3. The Balaban J connectivity index is 2.29. The summed E-state index contributed by atoms with van der Waals surface area (Å²) in [5.74, 6) is 0.169. The van der Waals surface area contributed by atoms with Crippen molar-refractivity contribution in [2.45, 2.75) is 26.2 Å². The Bertz CT molecular complexity index is 667. The molecule has 0 heterocycles. The van der Waals surface area contributed by atoms with Crippen LogP contribution in [0.2, 0.25) is 0 Å². The number of allylic oxidation sites excluding steroid dienone is 4. The number of hydrazone groups is 1. The van der Waals surface area contributed by atoms with Gasteiger partial charge in [-0.05, 0) is 29.7 Å².